The largest absolute Gasteiger partial charge is 0.372 e. The number of rotatable bonds is 7. The quantitative estimate of drug-likeness (QED) is 0.489. The van der Waals surface area contributed by atoms with Crippen molar-refractivity contribution in [3.05, 3.63) is 12.2 Å². The van der Waals surface area contributed by atoms with Gasteiger partial charge in [-0.2, -0.15) is 0 Å². The van der Waals surface area contributed by atoms with Crippen LogP contribution in [0.25, 0.3) is 0 Å². The second-order valence-electron chi connectivity index (χ2n) is 3.76. The smallest absolute Gasteiger partial charge is 0.0964 e. The van der Waals surface area contributed by atoms with Crippen molar-refractivity contribution in [1.82, 2.24) is 5.32 Å². The van der Waals surface area contributed by atoms with E-state index in [1.807, 2.05) is 0 Å². The van der Waals surface area contributed by atoms with Gasteiger partial charge < -0.3 is 5.32 Å². The second-order valence-corrected chi connectivity index (χ2v) is 3.76. The van der Waals surface area contributed by atoms with Crippen LogP contribution in [-0.2, 0) is 0 Å². The minimum atomic E-state index is 0.978. The lowest BCUT2D eigenvalue weighted by Crippen LogP contribution is -2.17. The number of nitrogens with one attached hydrogen (secondary N) is 1. The van der Waals surface area contributed by atoms with Crippen molar-refractivity contribution in [2.75, 3.05) is 13.1 Å². The van der Waals surface area contributed by atoms with Crippen molar-refractivity contribution in [2.45, 2.75) is 45.4 Å². The molecule has 0 aliphatic carbocycles. The molecule has 0 aromatic heterocycles. The molecule has 2 heteroatoms. The van der Waals surface area contributed by atoms with E-state index in [2.05, 4.69) is 29.4 Å². The van der Waals surface area contributed by atoms with Crippen LogP contribution < -0.4 is 5.32 Å². The number of hydrogen-bond acceptors (Lipinski definition) is 2. The lowest BCUT2D eigenvalue weighted by molar-refractivity contribution is 0.766. The molecule has 0 atom stereocenters. The SMILES string of the molecule is CCC/C=C/CCCCC1=NCCN1. The summed E-state index contributed by atoms with van der Waals surface area (Å²) in [5.41, 5.74) is 0. The second kappa shape index (κ2) is 7.60. The molecule has 0 fully saturated rings. The van der Waals surface area contributed by atoms with Gasteiger partial charge in [-0.15, -0.1) is 0 Å². The van der Waals surface area contributed by atoms with Gasteiger partial charge in [0, 0.05) is 13.0 Å². The molecule has 0 aromatic rings. The summed E-state index contributed by atoms with van der Waals surface area (Å²) in [6.45, 7) is 4.24. The van der Waals surface area contributed by atoms with Gasteiger partial charge in [-0.05, 0) is 25.7 Å². The average Bonchev–Trinajstić information content (AvgIpc) is 2.69. The highest BCUT2D eigenvalue weighted by atomic mass is 15.1. The summed E-state index contributed by atoms with van der Waals surface area (Å²) in [7, 11) is 0. The van der Waals surface area contributed by atoms with Gasteiger partial charge in [0.15, 0.2) is 0 Å². The van der Waals surface area contributed by atoms with Crippen LogP contribution in [0.15, 0.2) is 17.1 Å². The fraction of sp³-hybridized carbons (Fsp3) is 0.750. The summed E-state index contributed by atoms with van der Waals surface area (Å²) < 4.78 is 0. The summed E-state index contributed by atoms with van der Waals surface area (Å²) in [6, 6.07) is 0. The van der Waals surface area contributed by atoms with Crippen LogP contribution in [0.2, 0.25) is 0 Å². The van der Waals surface area contributed by atoms with E-state index in [0.29, 0.717) is 0 Å². The number of unbranched alkanes of at least 4 members (excludes halogenated alkanes) is 3. The van der Waals surface area contributed by atoms with E-state index in [9.17, 15) is 0 Å². The maximum absolute atomic E-state index is 4.37. The van der Waals surface area contributed by atoms with Gasteiger partial charge in [0.25, 0.3) is 0 Å². The van der Waals surface area contributed by atoms with Gasteiger partial charge in [0.2, 0.25) is 0 Å². The first kappa shape index (κ1) is 11.3. The first-order chi connectivity index (χ1) is 6.93. The van der Waals surface area contributed by atoms with Gasteiger partial charge in [-0.3, -0.25) is 4.99 Å². The van der Waals surface area contributed by atoms with Gasteiger partial charge in [0.1, 0.15) is 0 Å². The Kier molecular flexibility index (Phi) is 6.13. The van der Waals surface area contributed by atoms with Crippen molar-refractivity contribution in [1.29, 1.82) is 0 Å². The van der Waals surface area contributed by atoms with Crippen LogP contribution >= 0.6 is 0 Å². The maximum Gasteiger partial charge on any atom is 0.0964 e. The molecular weight excluding hydrogens is 172 g/mol. The number of aliphatic imine (C=N–C) groups is 1. The molecule has 0 aromatic carbocycles. The van der Waals surface area contributed by atoms with Crippen molar-refractivity contribution < 1.29 is 0 Å². The minimum Gasteiger partial charge on any atom is -0.372 e. The standard InChI is InChI=1S/C12H22N2/c1-2-3-4-5-6-7-8-9-12-13-10-11-14-12/h4-5H,2-3,6-11H2,1H3,(H,13,14)/b5-4+. The Morgan fingerprint density at radius 1 is 1.29 bits per heavy atom. The molecule has 0 unspecified atom stereocenters. The zero-order chi connectivity index (χ0) is 10.1. The fourth-order valence-corrected chi connectivity index (χ4v) is 1.57. The first-order valence-electron chi connectivity index (χ1n) is 5.85. The molecule has 0 saturated carbocycles. The first-order valence-corrected chi connectivity index (χ1v) is 5.85. The molecular formula is C12H22N2. The Labute approximate surface area is 87.5 Å². The Balaban J connectivity index is 1.89. The van der Waals surface area contributed by atoms with E-state index >= 15 is 0 Å². The van der Waals surface area contributed by atoms with E-state index in [0.717, 1.165) is 19.5 Å². The molecule has 0 amide bonds. The van der Waals surface area contributed by atoms with E-state index < -0.39 is 0 Å². The molecule has 80 valence electrons. The molecule has 2 nitrogen and oxygen atoms in total. The van der Waals surface area contributed by atoms with Gasteiger partial charge in [0.05, 0.1) is 12.4 Å². The molecule has 1 heterocycles. The van der Waals surface area contributed by atoms with E-state index in [1.54, 1.807) is 0 Å². The normalized spacial score (nSPS) is 15.9. The Morgan fingerprint density at radius 2 is 2.14 bits per heavy atom. The van der Waals surface area contributed by atoms with Gasteiger partial charge >= 0.3 is 0 Å². The Bertz CT molecular complexity index is 194. The molecule has 1 aliphatic rings. The average molecular weight is 194 g/mol. The number of nitrogens with zero attached hydrogens (tertiary/aromatic N) is 1. The molecule has 0 radical (unpaired) electrons. The topological polar surface area (TPSA) is 24.4 Å². The van der Waals surface area contributed by atoms with E-state index in [1.165, 1.54) is 37.9 Å². The summed E-state index contributed by atoms with van der Waals surface area (Å²) in [5.74, 6) is 1.22. The Hall–Kier alpha value is -0.790. The van der Waals surface area contributed by atoms with Crippen LogP contribution in [0.3, 0.4) is 0 Å². The summed E-state index contributed by atoms with van der Waals surface area (Å²) in [4.78, 5) is 4.37. The third-order valence-electron chi connectivity index (χ3n) is 2.40. The highest BCUT2D eigenvalue weighted by Gasteiger charge is 2.02. The van der Waals surface area contributed by atoms with Crippen molar-refractivity contribution in [3.8, 4) is 0 Å². The summed E-state index contributed by atoms with van der Waals surface area (Å²) >= 11 is 0. The van der Waals surface area contributed by atoms with Crippen molar-refractivity contribution >= 4 is 5.84 Å². The molecule has 0 bridgehead atoms. The van der Waals surface area contributed by atoms with Crippen molar-refractivity contribution in [3.63, 3.8) is 0 Å². The molecule has 1 N–H and O–H groups in total. The van der Waals surface area contributed by atoms with Crippen LogP contribution in [0.4, 0.5) is 0 Å². The van der Waals surface area contributed by atoms with Gasteiger partial charge in [-0.25, -0.2) is 0 Å². The molecule has 1 rings (SSSR count). The van der Waals surface area contributed by atoms with Crippen molar-refractivity contribution in [2.24, 2.45) is 4.99 Å². The number of amidine groups is 1. The monoisotopic (exact) mass is 194 g/mol. The predicted octanol–water partition coefficient (Wildman–Crippen LogP) is 2.90. The molecule has 14 heavy (non-hydrogen) atoms. The van der Waals surface area contributed by atoms with Crippen LogP contribution in [0.1, 0.15) is 45.4 Å². The highest BCUT2D eigenvalue weighted by Crippen LogP contribution is 2.03. The molecule has 1 aliphatic heterocycles. The number of hydrogen-bond donors (Lipinski definition) is 1. The molecule has 0 spiro atoms. The van der Waals surface area contributed by atoms with E-state index in [4.69, 9.17) is 0 Å². The third kappa shape index (κ3) is 5.05. The lowest BCUT2D eigenvalue weighted by atomic mass is 10.1. The zero-order valence-electron chi connectivity index (χ0n) is 9.26. The maximum atomic E-state index is 4.37. The zero-order valence-corrected chi connectivity index (χ0v) is 9.26. The fourth-order valence-electron chi connectivity index (χ4n) is 1.57. The lowest BCUT2D eigenvalue weighted by Gasteiger charge is -2.00. The Morgan fingerprint density at radius 3 is 2.86 bits per heavy atom. The van der Waals surface area contributed by atoms with Crippen LogP contribution in [0.5, 0.6) is 0 Å². The minimum absolute atomic E-state index is 0.978. The molecule has 0 saturated heterocycles. The number of allylic oxidation sites excluding steroid dienone is 2. The highest BCUT2D eigenvalue weighted by molar-refractivity contribution is 5.83. The van der Waals surface area contributed by atoms with Crippen LogP contribution in [-0.4, -0.2) is 18.9 Å². The summed E-state index contributed by atoms with van der Waals surface area (Å²) in [6.07, 6.45) is 12.0. The van der Waals surface area contributed by atoms with Gasteiger partial charge in [-0.1, -0.05) is 25.5 Å². The summed E-state index contributed by atoms with van der Waals surface area (Å²) in [5, 5.41) is 3.30. The van der Waals surface area contributed by atoms with E-state index in [-0.39, 0.29) is 0 Å². The predicted molar refractivity (Wildman–Crippen MR) is 62.8 cm³/mol. The third-order valence-corrected chi connectivity index (χ3v) is 2.40. The van der Waals surface area contributed by atoms with Crippen LogP contribution in [0, 0.1) is 0 Å².